The first-order chi connectivity index (χ1) is 13.6. The van der Waals surface area contributed by atoms with Gasteiger partial charge in [-0.3, -0.25) is 14.0 Å². The maximum Gasteiger partial charge on any atom is 0.271 e. The number of nitrogens with one attached hydrogen (secondary N) is 2. The fourth-order valence-electron chi connectivity index (χ4n) is 4.83. The van der Waals surface area contributed by atoms with Crippen molar-refractivity contribution in [1.82, 2.24) is 19.2 Å². The summed E-state index contributed by atoms with van der Waals surface area (Å²) < 4.78 is 19.7. The maximum atomic E-state index is 15.0. The molecule has 2 aliphatic heterocycles. The van der Waals surface area contributed by atoms with Crippen LogP contribution in [-0.4, -0.2) is 39.6 Å². The van der Waals surface area contributed by atoms with Crippen LogP contribution in [0.1, 0.15) is 31.7 Å². The third kappa shape index (κ3) is 2.82. The van der Waals surface area contributed by atoms with Crippen LogP contribution in [0.25, 0.3) is 21.3 Å². The molecule has 0 bridgehead atoms. The number of hydrogen-bond acceptors (Lipinski definition) is 6. The summed E-state index contributed by atoms with van der Waals surface area (Å²) in [5.41, 5.74) is -0.339. The minimum Gasteiger partial charge on any atom is -0.352 e. The average Bonchev–Trinajstić information content (AvgIpc) is 3.31. The topological polar surface area (TPSA) is 83.0 Å². The van der Waals surface area contributed by atoms with Crippen molar-refractivity contribution in [2.24, 2.45) is 5.92 Å². The number of halogens is 2. The van der Waals surface area contributed by atoms with Crippen molar-refractivity contribution in [2.75, 3.05) is 24.5 Å². The van der Waals surface area contributed by atoms with Crippen LogP contribution in [0, 0.1) is 11.7 Å². The Balaban J connectivity index is 0.00000181. The van der Waals surface area contributed by atoms with E-state index in [2.05, 4.69) is 14.7 Å². The molecule has 154 valence electrons. The summed E-state index contributed by atoms with van der Waals surface area (Å²) in [6, 6.07) is 1.87. The van der Waals surface area contributed by atoms with Crippen molar-refractivity contribution in [2.45, 2.75) is 37.8 Å². The van der Waals surface area contributed by atoms with Crippen molar-refractivity contribution in [3.05, 3.63) is 32.5 Å². The van der Waals surface area contributed by atoms with E-state index >= 15 is 4.39 Å². The van der Waals surface area contributed by atoms with Gasteiger partial charge in [0.15, 0.2) is 11.6 Å². The number of piperidine rings is 1. The molecular formula is C19H21ClFN5O2S. The number of fused-ring (bicyclic) bond motifs is 3. The second-order valence-electron chi connectivity index (χ2n) is 8.18. The van der Waals surface area contributed by atoms with E-state index < -0.39 is 16.8 Å². The van der Waals surface area contributed by atoms with Crippen LogP contribution in [0.15, 0.2) is 15.7 Å². The largest absolute Gasteiger partial charge is 0.352 e. The van der Waals surface area contributed by atoms with E-state index in [1.807, 2.05) is 9.47 Å². The van der Waals surface area contributed by atoms with Crippen LogP contribution in [0.3, 0.4) is 0 Å². The molecule has 2 saturated heterocycles. The first-order valence-electron chi connectivity index (χ1n) is 9.86. The Labute approximate surface area is 175 Å². The number of nitrogens with zero attached hydrogens (tertiary/aromatic N) is 3. The number of anilines is 1. The van der Waals surface area contributed by atoms with E-state index in [9.17, 15) is 9.59 Å². The predicted molar refractivity (Wildman–Crippen MR) is 114 cm³/mol. The monoisotopic (exact) mass is 437 g/mol. The summed E-state index contributed by atoms with van der Waals surface area (Å²) >= 11 is 1.16. The van der Waals surface area contributed by atoms with Gasteiger partial charge in [0.2, 0.25) is 5.43 Å². The summed E-state index contributed by atoms with van der Waals surface area (Å²) in [7, 11) is 0. The van der Waals surface area contributed by atoms with Crippen molar-refractivity contribution in [3.63, 3.8) is 0 Å². The molecule has 29 heavy (non-hydrogen) atoms. The minimum absolute atomic E-state index is 0. The lowest BCUT2D eigenvalue weighted by Crippen LogP contribution is -2.40. The molecule has 2 unspecified atom stereocenters. The summed E-state index contributed by atoms with van der Waals surface area (Å²) in [6.07, 6.45) is 4.25. The highest BCUT2D eigenvalue weighted by Crippen LogP contribution is 2.40. The number of rotatable bonds is 2. The molecule has 3 aromatic heterocycles. The van der Waals surface area contributed by atoms with E-state index in [0.717, 1.165) is 56.9 Å². The molecule has 1 saturated carbocycles. The number of H-pyrrole nitrogens is 1. The van der Waals surface area contributed by atoms with Gasteiger partial charge in [-0.15, -0.1) is 12.4 Å². The van der Waals surface area contributed by atoms with Gasteiger partial charge in [-0.25, -0.2) is 9.37 Å². The van der Waals surface area contributed by atoms with Gasteiger partial charge in [-0.2, -0.15) is 0 Å². The van der Waals surface area contributed by atoms with E-state index in [1.165, 1.54) is 6.07 Å². The van der Waals surface area contributed by atoms with Gasteiger partial charge in [-0.1, -0.05) is 0 Å². The zero-order valence-electron chi connectivity index (χ0n) is 15.6. The van der Waals surface area contributed by atoms with E-state index in [-0.39, 0.29) is 29.2 Å². The average molecular weight is 438 g/mol. The maximum absolute atomic E-state index is 15.0. The lowest BCUT2D eigenvalue weighted by molar-refractivity contribution is 0.340. The molecule has 10 heteroatoms. The van der Waals surface area contributed by atoms with Crippen molar-refractivity contribution >= 4 is 51.0 Å². The van der Waals surface area contributed by atoms with Gasteiger partial charge >= 0.3 is 0 Å². The van der Waals surface area contributed by atoms with E-state index in [4.69, 9.17) is 0 Å². The molecule has 0 spiro atoms. The van der Waals surface area contributed by atoms with Crippen LogP contribution in [-0.2, 0) is 0 Å². The third-order valence-electron chi connectivity index (χ3n) is 6.35. The SMILES string of the molecule is Cl.O=c1[nH]sc2c1c(=O)c1cc(F)c(N3CC4CCCNC4C3)nc1n2C1CC1. The molecule has 7 nitrogen and oxygen atoms in total. The summed E-state index contributed by atoms with van der Waals surface area (Å²) in [5.74, 6) is 0.338. The zero-order valence-corrected chi connectivity index (χ0v) is 17.2. The Morgan fingerprint density at radius 2 is 2.03 bits per heavy atom. The van der Waals surface area contributed by atoms with Crippen molar-refractivity contribution in [3.8, 4) is 0 Å². The van der Waals surface area contributed by atoms with Gasteiger partial charge in [0.1, 0.15) is 15.9 Å². The Morgan fingerprint density at radius 1 is 1.21 bits per heavy atom. The quantitative estimate of drug-likeness (QED) is 0.643. The molecular weight excluding hydrogens is 417 g/mol. The molecule has 0 aromatic carbocycles. The lowest BCUT2D eigenvalue weighted by atomic mass is 9.94. The number of pyridine rings is 2. The van der Waals surface area contributed by atoms with Gasteiger partial charge in [0.25, 0.3) is 5.56 Å². The van der Waals surface area contributed by atoms with Crippen LogP contribution in [0.2, 0.25) is 0 Å². The summed E-state index contributed by atoms with van der Waals surface area (Å²) in [6.45, 7) is 2.52. The Kier molecular flexibility index (Phi) is 4.45. The predicted octanol–water partition coefficient (Wildman–Crippen LogP) is 2.38. The summed E-state index contributed by atoms with van der Waals surface area (Å²) in [4.78, 5) is 32.4. The minimum atomic E-state index is -0.489. The molecule has 3 aromatic rings. The smallest absolute Gasteiger partial charge is 0.271 e. The van der Waals surface area contributed by atoms with Crippen molar-refractivity contribution in [1.29, 1.82) is 0 Å². The van der Waals surface area contributed by atoms with Crippen LogP contribution < -0.4 is 21.2 Å². The molecule has 0 radical (unpaired) electrons. The second-order valence-corrected chi connectivity index (χ2v) is 8.97. The normalized spacial score (nSPS) is 24.1. The van der Waals surface area contributed by atoms with Crippen LogP contribution >= 0.6 is 23.9 Å². The molecule has 1 aliphatic carbocycles. The molecule has 5 heterocycles. The fraction of sp³-hybridized carbons (Fsp3) is 0.526. The van der Waals surface area contributed by atoms with Gasteiger partial charge in [-0.05, 0) is 55.7 Å². The first-order valence-corrected chi connectivity index (χ1v) is 10.7. The van der Waals surface area contributed by atoms with Crippen LogP contribution in [0.5, 0.6) is 0 Å². The zero-order chi connectivity index (χ0) is 19.0. The number of aromatic nitrogens is 3. The highest BCUT2D eigenvalue weighted by Gasteiger charge is 2.36. The molecule has 3 fully saturated rings. The highest BCUT2D eigenvalue weighted by atomic mass is 35.5. The molecule has 2 N–H and O–H groups in total. The van der Waals surface area contributed by atoms with Crippen LogP contribution in [0.4, 0.5) is 10.2 Å². The van der Waals surface area contributed by atoms with Gasteiger partial charge in [0.05, 0.1) is 5.39 Å². The molecule has 6 rings (SSSR count). The van der Waals surface area contributed by atoms with Gasteiger partial charge in [0, 0.05) is 25.2 Å². The Morgan fingerprint density at radius 3 is 2.79 bits per heavy atom. The highest BCUT2D eigenvalue weighted by molar-refractivity contribution is 7.12. The van der Waals surface area contributed by atoms with E-state index in [0.29, 0.717) is 28.3 Å². The lowest BCUT2D eigenvalue weighted by Gasteiger charge is -2.24. The van der Waals surface area contributed by atoms with Crippen molar-refractivity contribution < 1.29 is 4.39 Å². The molecule has 2 atom stereocenters. The van der Waals surface area contributed by atoms with E-state index in [1.54, 1.807) is 0 Å². The second kappa shape index (κ2) is 6.78. The number of aromatic amines is 1. The third-order valence-corrected chi connectivity index (χ3v) is 7.23. The molecule has 3 aliphatic rings. The Hall–Kier alpha value is -1.97. The Bertz CT molecular complexity index is 1220. The molecule has 0 amide bonds. The summed E-state index contributed by atoms with van der Waals surface area (Å²) in [5, 5.41) is 3.84. The standard InChI is InChI=1S/C19H20FN5O2S.ClH/c20-12-6-11-15(26)14-18(27)23-28-19(14)25(10-3-4-10)16(11)22-17(12)24-7-9-2-1-5-21-13(9)8-24;/h6,9-10,13,21H,1-5,7-8H2,(H,23,27);1H. The van der Waals surface area contributed by atoms with Gasteiger partial charge < -0.3 is 14.8 Å². The first kappa shape index (κ1) is 19.0. The fourth-order valence-corrected chi connectivity index (χ4v) is 5.74. The number of hydrogen-bond donors (Lipinski definition) is 2.